The summed E-state index contributed by atoms with van der Waals surface area (Å²) in [5, 5.41) is 3.82. The second kappa shape index (κ2) is 7.77. The molecular weight excluding hydrogens is 361 g/mol. The van der Waals surface area contributed by atoms with Crippen molar-refractivity contribution in [3.8, 4) is 11.5 Å². The van der Waals surface area contributed by atoms with Gasteiger partial charge in [-0.2, -0.15) is 0 Å². The van der Waals surface area contributed by atoms with Crippen molar-refractivity contribution in [2.75, 3.05) is 19.0 Å². The third-order valence-electron chi connectivity index (χ3n) is 2.96. The van der Waals surface area contributed by atoms with Crippen LogP contribution in [0.3, 0.4) is 0 Å². The average molecular weight is 375 g/mol. The first kappa shape index (κ1) is 17.7. The lowest BCUT2D eigenvalue weighted by Gasteiger charge is -2.13. The number of rotatable bonds is 5. The Balaban J connectivity index is 2.30. The fraction of sp³-hybridized carbons (Fsp3) is 0.188. The van der Waals surface area contributed by atoms with Gasteiger partial charge in [0.15, 0.2) is 11.5 Å². The van der Waals surface area contributed by atoms with Crippen molar-refractivity contribution in [3.05, 3.63) is 51.0 Å². The second-order valence-corrected chi connectivity index (χ2v) is 5.75. The molecule has 1 N–H and O–H groups in total. The van der Waals surface area contributed by atoms with Crippen LogP contribution in [0.5, 0.6) is 11.5 Å². The lowest BCUT2D eigenvalue weighted by atomic mass is 10.1. The molecule has 0 spiro atoms. The highest BCUT2D eigenvalue weighted by atomic mass is 35.5. The lowest BCUT2D eigenvalue weighted by molar-refractivity contribution is 0.102. The highest BCUT2D eigenvalue weighted by Gasteiger charge is 2.16. The van der Waals surface area contributed by atoms with Gasteiger partial charge in [-0.1, -0.05) is 34.8 Å². The minimum absolute atomic E-state index is 0.290. The average Bonchev–Trinajstić information content (AvgIpc) is 2.51. The van der Waals surface area contributed by atoms with E-state index >= 15 is 0 Å². The van der Waals surface area contributed by atoms with Gasteiger partial charge in [-0.15, -0.1) is 0 Å². The largest absolute Gasteiger partial charge is 0.493 e. The van der Waals surface area contributed by atoms with Gasteiger partial charge in [0.25, 0.3) is 5.91 Å². The number of ether oxygens (including phenoxy) is 2. The van der Waals surface area contributed by atoms with Crippen LogP contribution in [-0.2, 0) is 0 Å². The Morgan fingerprint density at radius 3 is 2.48 bits per heavy atom. The minimum Gasteiger partial charge on any atom is -0.493 e. The van der Waals surface area contributed by atoms with Gasteiger partial charge in [0.1, 0.15) is 0 Å². The number of halogens is 3. The summed E-state index contributed by atoms with van der Waals surface area (Å²) in [6, 6.07) is 7.86. The van der Waals surface area contributed by atoms with Gasteiger partial charge in [-0.05, 0) is 37.3 Å². The Kier molecular flexibility index (Phi) is 5.99. The van der Waals surface area contributed by atoms with E-state index in [-0.39, 0.29) is 5.91 Å². The molecule has 1 amide bonds. The van der Waals surface area contributed by atoms with Crippen molar-refractivity contribution in [2.24, 2.45) is 0 Å². The Labute approximate surface area is 149 Å². The van der Waals surface area contributed by atoms with Crippen molar-refractivity contribution in [2.45, 2.75) is 6.92 Å². The molecule has 2 rings (SSSR count). The predicted octanol–water partition coefficient (Wildman–Crippen LogP) is 5.31. The number of amides is 1. The molecule has 23 heavy (non-hydrogen) atoms. The molecule has 0 fully saturated rings. The maximum absolute atomic E-state index is 12.4. The number of methoxy groups -OCH3 is 1. The zero-order valence-corrected chi connectivity index (χ0v) is 14.7. The molecule has 4 nitrogen and oxygen atoms in total. The molecule has 2 aromatic carbocycles. The molecule has 0 heterocycles. The molecule has 0 aliphatic carbocycles. The standard InChI is InChI=1S/C16H14Cl3NO3/c1-3-23-15-12(19)6-9(7-14(15)22-2)16(21)20-13-5-4-10(17)8-11(13)18/h4-8H,3H2,1-2H3,(H,20,21). The van der Waals surface area contributed by atoms with Gasteiger partial charge in [-0.25, -0.2) is 0 Å². The predicted molar refractivity (Wildman–Crippen MR) is 93.6 cm³/mol. The SMILES string of the molecule is CCOc1c(Cl)cc(C(=O)Nc2ccc(Cl)cc2Cl)cc1OC. The highest BCUT2D eigenvalue weighted by Crippen LogP contribution is 2.36. The maximum Gasteiger partial charge on any atom is 0.255 e. The summed E-state index contributed by atoms with van der Waals surface area (Å²) in [4.78, 5) is 12.4. The molecule has 0 unspecified atom stereocenters. The van der Waals surface area contributed by atoms with Gasteiger partial charge >= 0.3 is 0 Å². The lowest BCUT2D eigenvalue weighted by Crippen LogP contribution is -2.12. The number of nitrogens with one attached hydrogen (secondary N) is 1. The van der Waals surface area contributed by atoms with E-state index in [1.165, 1.54) is 13.2 Å². The normalized spacial score (nSPS) is 10.3. The van der Waals surface area contributed by atoms with E-state index in [0.717, 1.165) is 0 Å². The van der Waals surface area contributed by atoms with Crippen LogP contribution in [-0.4, -0.2) is 19.6 Å². The van der Waals surface area contributed by atoms with Crippen molar-refractivity contribution in [1.29, 1.82) is 0 Å². The van der Waals surface area contributed by atoms with Crippen LogP contribution in [0.15, 0.2) is 30.3 Å². The van der Waals surface area contributed by atoms with Crippen LogP contribution in [0.2, 0.25) is 15.1 Å². The molecule has 0 aliphatic rings. The Hall–Kier alpha value is -1.62. The van der Waals surface area contributed by atoms with E-state index in [1.54, 1.807) is 24.3 Å². The molecule has 0 atom stereocenters. The number of carbonyl (C=O) groups is 1. The van der Waals surface area contributed by atoms with Gasteiger partial charge in [0.2, 0.25) is 0 Å². The molecule has 0 aromatic heterocycles. The Morgan fingerprint density at radius 2 is 1.87 bits per heavy atom. The number of carbonyl (C=O) groups excluding carboxylic acids is 1. The van der Waals surface area contributed by atoms with Gasteiger partial charge < -0.3 is 14.8 Å². The summed E-state index contributed by atoms with van der Waals surface area (Å²) < 4.78 is 10.6. The van der Waals surface area contributed by atoms with Crippen molar-refractivity contribution < 1.29 is 14.3 Å². The monoisotopic (exact) mass is 373 g/mol. The van der Waals surface area contributed by atoms with Crippen molar-refractivity contribution in [1.82, 2.24) is 0 Å². The fourth-order valence-electron chi connectivity index (χ4n) is 1.92. The quantitative estimate of drug-likeness (QED) is 0.772. The molecular formula is C16H14Cl3NO3. The Morgan fingerprint density at radius 1 is 1.13 bits per heavy atom. The number of hydrogen-bond donors (Lipinski definition) is 1. The molecule has 0 saturated heterocycles. The fourth-order valence-corrected chi connectivity index (χ4v) is 2.64. The summed E-state index contributed by atoms with van der Waals surface area (Å²) in [6.07, 6.45) is 0. The van der Waals surface area contributed by atoms with Crippen LogP contribution in [0.25, 0.3) is 0 Å². The van der Waals surface area contributed by atoms with Crippen molar-refractivity contribution >= 4 is 46.4 Å². The van der Waals surface area contributed by atoms with E-state index in [0.29, 0.717) is 44.4 Å². The Bertz CT molecular complexity index is 735. The summed E-state index contributed by atoms with van der Waals surface area (Å²) in [5.41, 5.74) is 0.770. The number of benzene rings is 2. The van der Waals surface area contributed by atoms with E-state index in [9.17, 15) is 4.79 Å². The van der Waals surface area contributed by atoms with Gasteiger partial charge in [0.05, 0.1) is 29.4 Å². The first-order valence-corrected chi connectivity index (χ1v) is 7.86. The first-order chi connectivity index (χ1) is 11.0. The summed E-state index contributed by atoms with van der Waals surface area (Å²) in [7, 11) is 1.48. The zero-order valence-electron chi connectivity index (χ0n) is 12.5. The maximum atomic E-state index is 12.4. The molecule has 0 radical (unpaired) electrons. The van der Waals surface area contributed by atoms with Crippen molar-refractivity contribution in [3.63, 3.8) is 0 Å². The second-order valence-electron chi connectivity index (χ2n) is 4.50. The third kappa shape index (κ3) is 4.22. The minimum atomic E-state index is -0.377. The van der Waals surface area contributed by atoms with Crippen LogP contribution in [0, 0.1) is 0 Å². The molecule has 0 saturated carbocycles. The number of hydrogen-bond acceptors (Lipinski definition) is 3. The highest BCUT2D eigenvalue weighted by molar-refractivity contribution is 6.37. The topological polar surface area (TPSA) is 47.6 Å². The zero-order chi connectivity index (χ0) is 17.0. The van der Waals surface area contributed by atoms with Crippen LogP contribution in [0.1, 0.15) is 17.3 Å². The smallest absolute Gasteiger partial charge is 0.255 e. The molecule has 0 aliphatic heterocycles. The van der Waals surface area contributed by atoms with E-state index in [1.807, 2.05) is 6.92 Å². The molecule has 122 valence electrons. The van der Waals surface area contributed by atoms with Crippen LogP contribution < -0.4 is 14.8 Å². The summed E-state index contributed by atoms with van der Waals surface area (Å²) in [6.45, 7) is 2.26. The van der Waals surface area contributed by atoms with Crippen LogP contribution >= 0.6 is 34.8 Å². The van der Waals surface area contributed by atoms with Gasteiger partial charge in [-0.3, -0.25) is 4.79 Å². The molecule has 2 aromatic rings. The van der Waals surface area contributed by atoms with E-state index in [4.69, 9.17) is 44.3 Å². The number of anilines is 1. The summed E-state index contributed by atoms with van der Waals surface area (Å²) in [5.74, 6) is 0.405. The van der Waals surface area contributed by atoms with Crippen LogP contribution in [0.4, 0.5) is 5.69 Å². The molecule has 0 bridgehead atoms. The molecule has 7 heteroatoms. The first-order valence-electron chi connectivity index (χ1n) is 6.73. The summed E-state index contributed by atoms with van der Waals surface area (Å²) >= 11 is 18.0. The van der Waals surface area contributed by atoms with E-state index in [2.05, 4.69) is 5.32 Å². The van der Waals surface area contributed by atoms with E-state index < -0.39 is 0 Å². The van der Waals surface area contributed by atoms with Gasteiger partial charge in [0, 0.05) is 10.6 Å². The third-order valence-corrected chi connectivity index (χ3v) is 3.79.